The summed E-state index contributed by atoms with van der Waals surface area (Å²) in [5.41, 5.74) is 0.426. The third kappa shape index (κ3) is 3.37. The molecule has 0 fully saturated rings. The largest absolute Gasteiger partial charge is 0.395 e. The van der Waals surface area contributed by atoms with Crippen molar-refractivity contribution in [1.29, 1.82) is 0 Å². The molecule has 2 aromatic heterocycles. The first-order chi connectivity index (χ1) is 9.24. The summed E-state index contributed by atoms with van der Waals surface area (Å²) < 4.78 is 6.28. The number of aromatic amines is 1. The van der Waals surface area contributed by atoms with Crippen LogP contribution in [0.25, 0.3) is 5.78 Å². The zero-order valence-corrected chi connectivity index (χ0v) is 10.7. The molecular formula is C11H17N5O3. The Morgan fingerprint density at radius 3 is 3.11 bits per heavy atom. The minimum absolute atomic E-state index is 0.0490. The van der Waals surface area contributed by atoms with Gasteiger partial charge in [-0.3, -0.25) is 14.8 Å². The predicted octanol–water partition coefficient (Wildman–Crippen LogP) is -1.14. The number of nitrogens with zero attached hydrogens (tertiary/aromatic N) is 4. The molecule has 0 unspecified atom stereocenters. The fourth-order valence-corrected chi connectivity index (χ4v) is 1.81. The van der Waals surface area contributed by atoms with E-state index < -0.39 is 0 Å². The van der Waals surface area contributed by atoms with E-state index in [-0.39, 0.29) is 12.2 Å². The highest BCUT2D eigenvalue weighted by atomic mass is 16.5. The lowest BCUT2D eigenvalue weighted by Crippen LogP contribution is -2.31. The summed E-state index contributed by atoms with van der Waals surface area (Å²) in [4.78, 5) is 22.0. The number of rotatable bonds is 7. The van der Waals surface area contributed by atoms with Crippen molar-refractivity contribution in [1.82, 2.24) is 24.5 Å². The first-order valence-corrected chi connectivity index (χ1v) is 5.99. The number of aromatic nitrogens is 4. The highest BCUT2D eigenvalue weighted by molar-refractivity contribution is 5.25. The number of H-pyrrole nitrogens is 1. The number of aliphatic hydroxyl groups is 1. The smallest absolute Gasteiger partial charge is 0.274 e. The van der Waals surface area contributed by atoms with E-state index in [9.17, 15) is 4.79 Å². The molecule has 8 nitrogen and oxygen atoms in total. The SMILES string of the molecule is COCCN(CCO)Cc1cc(=O)n2[nH]cnc2n1. The maximum atomic E-state index is 11.8. The second-order valence-electron chi connectivity index (χ2n) is 4.10. The van der Waals surface area contributed by atoms with Gasteiger partial charge in [0, 0.05) is 32.8 Å². The van der Waals surface area contributed by atoms with Gasteiger partial charge < -0.3 is 9.84 Å². The van der Waals surface area contributed by atoms with Gasteiger partial charge >= 0.3 is 0 Å². The summed E-state index contributed by atoms with van der Waals surface area (Å²) in [5.74, 6) is 0.346. The van der Waals surface area contributed by atoms with Crippen LogP contribution in [0.15, 0.2) is 17.2 Å². The van der Waals surface area contributed by atoms with Crippen molar-refractivity contribution < 1.29 is 9.84 Å². The summed E-state index contributed by atoms with van der Waals surface area (Å²) in [6.45, 7) is 2.25. The van der Waals surface area contributed by atoms with Crippen LogP contribution in [-0.4, -0.2) is 63.0 Å². The Balaban J connectivity index is 2.15. The number of nitrogens with one attached hydrogen (secondary N) is 1. The van der Waals surface area contributed by atoms with E-state index in [0.29, 0.717) is 37.7 Å². The van der Waals surface area contributed by atoms with E-state index in [2.05, 4.69) is 15.1 Å². The zero-order chi connectivity index (χ0) is 13.7. The van der Waals surface area contributed by atoms with Gasteiger partial charge in [0.05, 0.1) is 18.9 Å². The minimum Gasteiger partial charge on any atom is -0.395 e. The van der Waals surface area contributed by atoms with Crippen molar-refractivity contribution in [2.24, 2.45) is 0 Å². The Kier molecular flexibility index (Phi) is 4.61. The second kappa shape index (κ2) is 6.41. The first kappa shape index (κ1) is 13.7. The van der Waals surface area contributed by atoms with Gasteiger partial charge in [0.25, 0.3) is 11.3 Å². The normalized spacial score (nSPS) is 11.5. The molecule has 0 aliphatic heterocycles. The molecule has 0 saturated heterocycles. The summed E-state index contributed by atoms with van der Waals surface area (Å²) in [5, 5.41) is 11.7. The number of hydrogen-bond donors (Lipinski definition) is 2. The minimum atomic E-state index is -0.201. The van der Waals surface area contributed by atoms with Crippen molar-refractivity contribution in [2.45, 2.75) is 6.54 Å². The highest BCUT2D eigenvalue weighted by Crippen LogP contribution is 2.00. The average Bonchev–Trinajstić information content (AvgIpc) is 2.85. The molecule has 2 heterocycles. The molecule has 19 heavy (non-hydrogen) atoms. The number of hydrogen-bond acceptors (Lipinski definition) is 6. The van der Waals surface area contributed by atoms with E-state index in [0.717, 1.165) is 0 Å². The van der Waals surface area contributed by atoms with E-state index in [1.54, 1.807) is 7.11 Å². The maximum Gasteiger partial charge on any atom is 0.274 e. The third-order valence-electron chi connectivity index (χ3n) is 2.73. The highest BCUT2D eigenvalue weighted by Gasteiger charge is 2.09. The topological polar surface area (TPSA) is 95.8 Å². The van der Waals surface area contributed by atoms with Crippen molar-refractivity contribution in [3.63, 3.8) is 0 Å². The summed E-state index contributed by atoms with van der Waals surface area (Å²) in [6, 6.07) is 1.46. The molecule has 2 N–H and O–H groups in total. The molecule has 0 amide bonds. The number of aliphatic hydroxyl groups excluding tert-OH is 1. The molecule has 0 radical (unpaired) electrons. The standard InChI is InChI=1S/C11H17N5O3/c1-19-5-3-15(2-4-17)7-9-6-10(18)16-11(14-9)12-8-13-16/h6,8,17H,2-5,7H2,1H3,(H,12,13,14). The number of methoxy groups -OCH3 is 1. The Morgan fingerprint density at radius 1 is 1.53 bits per heavy atom. The van der Waals surface area contributed by atoms with Gasteiger partial charge in [0.15, 0.2) is 0 Å². The van der Waals surface area contributed by atoms with Gasteiger partial charge in [0.2, 0.25) is 0 Å². The molecule has 0 aliphatic carbocycles. The van der Waals surface area contributed by atoms with Gasteiger partial charge in [-0.1, -0.05) is 0 Å². The number of fused-ring (bicyclic) bond motifs is 1. The van der Waals surface area contributed by atoms with E-state index >= 15 is 0 Å². The quantitative estimate of drug-likeness (QED) is 0.658. The molecule has 0 aromatic carbocycles. The van der Waals surface area contributed by atoms with Crippen LogP contribution in [0.2, 0.25) is 0 Å². The molecule has 8 heteroatoms. The molecule has 2 rings (SSSR count). The monoisotopic (exact) mass is 267 g/mol. The lowest BCUT2D eigenvalue weighted by molar-refractivity contribution is 0.126. The van der Waals surface area contributed by atoms with Crippen LogP contribution in [0, 0.1) is 0 Å². The van der Waals surface area contributed by atoms with Crippen molar-refractivity contribution in [3.8, 4) is 0 Å². The van der Waals surface area contributed by atoms with Crippen molar-refractivity contribution in [3.05, 3.63) is 28.4 Å². The summed E-state index contributed by atoms with van der Waals surface area (Å²) in [7, 11) is 1.62. The Labute approximate surface area is 109 Å². The van der Waals surface area contributed by atoms with E-state index in [1.165, 1.54) is 16.9 Å². The Morgan fingerprint density at radius 2 is 2.37 bits per heavy atom. The van der Waals surface area contributed by atoms with E-state index in [4.69, 9.17) is 9.84 Å². The van der Waals surface area contributed by atoms with Crippen LogP contribution in [0.1, 0.15) is 5.69 Å². The molecular weight excluding hydrogens is 250 g/mol. The molecule has 0 atom stereocenters. The van der Waals surface area contributed by atoms with Crippen LogP contribution < -0.4 is 5.56 Å². The molecule has 2 aromatic rings. The van der Waals surface area contributed by atoms with Crippen molar-refractivity contribution in [2.75, 3.05) is 33.4 Å². The van der Waals surface area contributed by atoms with Gasteiger partial charge in [-0.15, -0.1) is 0 Å². The van der Waals surface area contributed by atoms with Crippen LogP contribution in [-0.2, 0) is 11.3 Å². The molecule has 0 spiro atoms. The molecule has 104 valence electrons. The second-order valence-corrected chi connectivity index (χ2v) is 4.10. The fraction of sp³-hybridized carbons (Fsp3) is 0.545. The molecule has 0 saturated carbocycles. The van der Waals surface area contributed by atoms with Gasteiger partial charge in [-0.05, 0) is 0 Å². The van der Waals surface area contributed by atoms with Gasteiger partial charge in [0.1, 0.15) is 6.33 Å². The maximum absolute atomic E-state index is 11.8. The van der Waals surface area contributed by atoms with Gasteiger partial charge in [-0.25, -0.2) is 9.97 Å². The van der Waals surface area contributed by atoms with Gasteiger partial charge in [-0.2, -0.15) is 4.52 Å². The summed E-state index contributed by atoms with van der Waals surface area (Å²) >= 11 is 0. The molecule has 0 aliphatic rings. The van der Waals surface area contributed by atoms with Crippen LogP contribution in [0.5, 0.6) is 0 Å². The first-order valence-electron chi connectivity index (χ1n) is 5.99. The predicted molar refractivity (Wildman–Crippen MR) is 67.8 cm³/mol. The fourth-order valence-electron chi connectivity index (χ4n) is 1.81. The lowest BCUT2D eigenvalue weighted by atomic mass is 10.3. The lowest BCUT2D eigenvalue weighted by Gasteiger charge is -2.20. The third-order valence-corrected chi connectivity index (χ3v) is 2.73. The number of ether oxygens (including phenoxy) is 1. The van der Waals surface area contributed by atoms with Crippen LogP contribution >= 0.6 is 0 Å². The average molecular weight is 267 g/mol. The van der Waals surface area contributed by atoms with Crippen molar-refractivity contribution >= 4 is 5.78 Å². The molecule has 0 bridgehead atoms. The zero-order valence-electron chi connectivity index (χ0n) is 10.7. The Bertz CT molecular complexity index is 579. The van der Waals surface area contributed by atoms with Crippen LogP contribution in [0.4, 0.5) is 0 Å². The Hall–Kier alpha value is -1.77. The van der Waals surface area contributed by atoms with E-state index in [1.807, 2.05) is 4.90 Å². The van der Waals surface area contributed by atoms with Crippen LogP contribution in [0.3, 0.4) is 0 Å². The summed E-state index contributed by atoms with van der Waals surface area (Å²) in [6.07, 6.45) is 1.42.